The second-order valence-electron chi connectivity index (χ2n) is 5.75. The number of ether oxygens (including phenoxy) is 2. The second-order valence-corrected chi connectivity index (χ2v) is 5.75. The minimum Gasteiger partial charge on any atom is -0.353 e. The van der Waals surface area contributed by atoms with E-state index in [1.54, 1.807) is 0 Å². The fourth-order valence-electron chi connectivity index (χ4n) is 3.39. The average Bonchev–Trinajstić information content (AvgIpc) is 2.88. The van der Waals surface area contributed by atoms with Gasteiger partial charge in [-0.1, -0.05) is 6.92 Å². The summed E-state index contributed by atoms with van der Waals surface area (Å²) in [6.45, 7) is 7.46. The molecule has 2 rings (SSSR count). The van der Waals surface area contributed by atoms with Gasteiger partial charge in [-0.2, -0.15) is 0 Å². The van der Waals surface area contributed by atoms with E-state index in [1.165, 1.54) is 4.90 Å². The highest BCUT2D eigenvalue weighted by atomic mass is 16.7. The van der Waals surface area contributed by atoms with Gasteiger partial charge < -0.3 is 9.47 Å². The molecule has 1 heterocycles. The third-order valence-corrected chi connectivity index (χ3v) is 4.26. The molecule has 0 N–H and O–H groups in total. The van der Waals surface area contributed by atoms with Gasteiger partial charge in [0.15, 0.2) is 6.29 Å². The first-order valence-electron chi connectivity index (χ1n) is 7.66. The van der Waals surface area contributed by atoms with Crippen molar-refractivity contribution in [2.75, 3.05) is 19.8 Å². The zero-order valence-electron chi connectivity index (χ0n) is 12.6. The average molecular weight is 283 g/mol. The molecule has 1 aliphatic carbocycles. The van der Waals surface area contributed by atoms with E-state index in [1.807, 2.05) is 13.8 Å². The van der Waals surface area contributed by atoms with Gasteiger partial charge in [0.05, 0.1) is 11.8 Å². The molecule has 0 aromatic carbocycles. The first-order valence-corrected chi connectivity index (χ1v) is 7.66. The molecule has 5 nitrogen and oxygen atoms in total. The summed E-state index contributed by atoms with van der Waals surface area (Å²) in [7, 11) is 0. The van der Waals surface area contributed by atoms with Crippen LogP contribution in [0.4, 0.5) is 0 Å². The van der Waals surface area contributed by atoms with Crippen molar-refractivity contribution in [3.05, 3.63) is 0 Å². The van der Waals surface area contributed by atoms with Gasteiger partial charge in [-0.05, 0) is 32.6 Å². The molecule has 2 amide bonds. The molecule has 2 atom stereocenters. The monoisotopic (exact) mass is 283 g/mol. The predicted molar refractivity (Wildman–Crippen MR) is 73.8 cm³/mol. The molecule has 2 fully saturated rings. The normalized spacial score (nSPS) is 29.6. The number of fused-ring (bicyclic) bond motifs is 1. The molecule has 0 radical (unpaired) electrons. The fourth-order valence-corrected chi connectivity index (χ4v) is 3.39. The Morgan fingerprint density at radius 2 is 1.60 bits per heavy atom. The third kappa shape index (κ3) is 3.04. The van der Waals surface area contributed by atoms with E-state index in [-0.39, 0.29) is 29.9 Å². The Bertz CT molecular complexity index is 341. The highest BCUT2D eigenvalue weighted by molar-refractivity contribution is 6.05. The minimum atomic E-state index is -0.329. The summed E-state index contributed by atoms with van der Waals surface area (Å²) in [6, 6.07) is 0. The van der Waals surface area contributed by atoms with Crippen LogP contribution in [-0.4, -0.2) is 42.8 Å². The molecule has 0 aromatic rings. The van der Waals surface area contributed by atoms with E-state index in [0.29, 0.717) is 32.1 Å². The second kappa shape index (κ2) is 6.68. The van der Waals surface area contributed by atoms with Crippen molar-refractivity contribution < 1.29 is 19.1 Å². The SMILES string of the molecule is CCOC(CCN1C(=O)C2CC(C)CC2C1=O)OCC. The Kier molecular flexibility index (Phi) is 5.16. The quantitative estimate of drug-likeness (QED) is 0.528. The number of rotatable bonds is 7. The summed E-state index contributed by atoms with van der Waals surface area (Å²) >= 11 is 0. The summed E-state index contributed by atoms with van der Waals surface area (Å²) in [4.78, 5) is 26.0. The van der Waals surface area contributed by atoms with Gasteiger partial charge in [0, 0.05) is 26.2 Å². The van der Waals surface area contributed by atoms with Gasteiger partial charge in [0.25, 0.3) is 0 Å². The van der Waals surface area contributed by atoms with Crippen molar-refractivity contribution in [3.8, 4) is 0 Å². The summed E-state index contributed by atoms with van der Waals surface area (Å²) in [6.07, 6.45) is 1.93. The van der Waals surface area contributed by atoms with Crippen LogP contribution in [0.5, 0.6) is 0 Å². The van der Waals surface area contributed by atoms with Gasteiger partial charge in [-0.15, -0.1) is 0 Å². The van der Waals surface area contributed by atoms with Crippen molar-refractivity contribution in [2.24, 2.45) is 17.8 Å². The van der Waals surface area contributed by atoms with E-state index >= 15 is 0 Å². The molecule has 0 bridgehead atoms. The summed E-state index contributed by atoms with van der Waals surface area (Å²) in [5.74, 6) is 0.358. The number of hydrogen-bond donors (Lipinski definition) is 0. The number of nitrogens with zero attached hydrogens (tertiary/aromatic N) is 1. The van der Waals surface area contributed by atoms with E-state index in [0.717, 1.165) is 12.8 Å². The van der Waals surface area contributed by atoms with Crippen LogP contribution in [0.2, 0.25) is 0 Å². The number of carbonyl (C=O) groups excluding carboxylic acids is 2. The summed E-state index contributed by atoms with van der Waals surface area (Å²) in [5, 5.41) is 0. The van der Waals surface area contributed by atoms with Crippen molar-refractivity contribution >= 4 is 11.8 Å². The van der Waals surface area contributed by atoms with Crippen LogP contribution in [0.15, 0.2) is 0 Å². The molecule has 5 heteroatoms. The fraction of sp³-hybridized carbons (Fsp3) is 0.867. The van der Waals surface area contributed by atoms with Gasteiger partial charge in [-0.25, -0.2) is 0 Å². The van der Waals surface area contributed by atoms with Gasteiger partial charge in [0.2, 0.25) is 11.8 Å². The molecule has 1 saturated carbocycles. The molecule has 0 aromatic heterocycles. The number of imide groups is 1. The lowest BCUT2D eigenvalue weighted by Crippen LogP contribution is -2.35. The third-order valence-electron chi connectivity index (χ3n) is 4.26. The molecule has 1 saturated heterocycles. The maximum Gasteiger partial charge on any atom is 0.233 e. The Labute approximate surface area is 120 Å². The molecule has 1 aliphatic heterocycles. The molecule has 114 valence electrons. The van der Waals surface area contributed by atoms with Crippen LogP contribution in [0.1, 0.15) is 40.0 Å². The lowest BCUT2D eigenvalue weighted by atomic mass is 10.00. The zero-order valence-corrected chi connectivity index (χ0v) is 12.6. The zero-order chi connectivity index (χ0) is 14.7. The highest BCUT2D eigenvalue weighted by Crippen LogP contribution is 2.42. The largest absolute Gasteiger partial charge is 0.353 e. The van der Waals surface area contributed by atoms with Gasteiger partial charge >= 0.3 is 0 Å². The topological polar surface area (TPSA) is 55.8 Å². The van der Waals surface area contributed by atoms with Crippen molar-refractivity contribution in [3.63, 3.8) is 0 Å². The molecular formula is C15H25NO4. The molecule has 20 heavy (non-hydrogen) atoms. The molecule has 2 unspecified atom stereocenters. The molecule has 2 aliphatic rings. The van der Waals surface area contributed by atoms with Crippen LogP contribution >= 0.6 is 0 Å². The Morgan fingerprint density at radius 3 is 2.05 bits per heavy atom. The van der Waals surface area contributed by atoms with Crippen molar-refractivity contribution in [2.45, 2.75) is 46.3 Å². The standard InChI is InChI=1S/C15H25NO4/c1-4-19-13(20-5-2)6-7-16-14(17)11-8-10(3)9-12(11)15(16)18/h10-13H,4-9H2,1-3H3. The predicted octanol–water partition coefficient (Wildman–Crippen LogP) is 1.81. The van der Waals surface area contributed by atoms with Gasteiger partial charge in [-0.3, -0.25) is 14.5 Å². The van der Waals surface area contributed by atoms with E-state index < -0.39 is 0 Å². The van der Waals surface area contributed by atoms with E-state index in [2.05, 4.69) is 6.92 Å². The van der Waals surface area contributed by atoms with E-state index in [9.17, 15) is 9.59 Å². The smallest absolute Gasteiger partial charge is 0.233 e. The van der Waals surface area contributed by atoms with Gasteiger partial charge in [0.1, 0.15) is 0 Å². The molecule has 0 spiro atoms. The first kappa shape index (κ1) is 15.4. The number of amides is 2. The first-order chi connectivity index (χ1) is 9.58. The van der Waals surface area contributed by atoms with Crippen molar-refractivity contribution in [1.29, 1.82) is 0 Å². The number of carbonyl (C=O) groups is 2. The maximum absolute atomic E-state index is 12.3. The number of hydrogen-bond acceptors (Lipinski definition) is 4. The van der Waals surface area contributed by atoms with Crippen LogP contribution in [-0.2, 0) is 19.1 Å². The highest BCUT2D eigenvalue weighted by Gasteiger charge is 2.51. The summed E-state index contributed by atoms with van der Waals surface area (Å²) in [5.41, 5.74) is 0. The summed E-state index contributed by atoms with van der Waals surface area (Å²) < 4.78 is 10.9. The lowest BCUT2D eigenvalue weighted by molar-refractivity contribution is -0.150. The Balaban J connectivity index is 1.90. The van der Waals surface area contributed by atoms with Crippen LogP contribution < -0.4 is 0 Å². The molecular weight excluding hydrogens is 258 g/mol. The Morgan fingerprint density at radius 1 is 1.10 bits per heavy atom. The Hall–Kier alpha value is -0.940. The number of likely N-dealkylation sites (tertiary alicyclic amines) is 1. The van der Waals surface area contributed by atoms with Crippen LogP contribution in [0.3, 0.4) is 0 Å². The van der Waals surface area contributed by atoms with Crippen LogP contribution in [0.25, 0.3) is 0 Å². The van der Waals surface area contributed by atoms with Crippen molar-refractivity contribution in [1.82, 2.24) is 4.90 Å². The van der Waals surface area contributed by atoms with Crippen LogP contribution in [0, 0.1) is 17.8 Å². The lowest BCUT2D eigenvalue weighted by Gasteiger charge is -2.21. The minimum absolute atomic E-state index is 0.0103. The van der Waals surface area contributed by atoms with E-state index in [4.69, 9.17) is 9.47 Å². The maximum atomic E-state index is 12.3.